The molecule has 0 radical (unpaired) electrons. The monoisotopic (exact) mass is 251 g/mol. The molecule has 0 aliphatic heterocycles. The van der Waals surface area contributed by atoms with Gasteiger partial charge in [-0.15, -0.1) is 0 Å². The van der Waals surface area contributed by atoms with E-state index in [2.05, 4.69) is 4.74 Å². The second-order valence-corrected chi connectivity index (χ2v) is 4.54. The highest BCUT2D eigenvalue weighted by molar-refractivity contribution is 5.64. The molecule has 18 heavy (non-hydrogen) atoms. The molecule has 5 nitrogen and oxygen atoms in total. The number of amides is 1. The normalized spacial score (nSPS) is 21.7. The van der Waals surface area contributed by atoms with E-state index in [9.17, 15) is 9.90 Å². The van der Waals surface area contributed by atoms with Gasteiger partial charge in [0.2, 0.25) is 0 Å². The van der Waals surface area contributed by atoms with Crippen molar-refractivity contribution in [2.45, 2.75) is 18.9 Å². The van der Waals surface area contributed by atoms with Gasteiger partial charge < -0.3 is 20.7 Å². The van der Waals surface area contributed by atoms with Gasteiger partial charge in [0, 0.05) is 18.9 Å². The fourth-order valence-electron chi connectivity index (χ4n) is 2.34. The minimum absolute atomic E-state index is 0.0179. The molecule has 0 aromatic heterocycles. The fourth-order valence-corrected chi connectivity index (χ4v) is 2.34. The number of primary amides is 1. The quantitative estimate of drug-likeness (QED) is 0.727. The van der Waals surface area contributed by atoms with E-state index in [0.717, 1.165) is 16.7 Å². The number of nitrogens with two attached hydrogens (primary N) is 1. The van der Waals surface area contributed by atoms with Gasteiger partial charge in [-0.25, -0.2) is 4.79 Å². The number of hydrogen-bond acceptors (Lipinski definition) is 4. The number of rotatable bonds is 4. The summed E-state index contributed by atoms with van der Waals surface area (Å²) in [7, 11) is 0. The summed E-state index contributed by atoms with van der Waals surface area (Å²) in [6, 6.07) is 5.80. The lowest BCUT2D eigenvalue weighted by atomic mass is 10.0. The largest absolute Gasteiger partial charge is 0.449 e. The van der Waals surface area contributed by atoms with Crippen molar-refractivity contribution in [3.8, 4) is 0 Å². The first-order valence-corrected chi connectivity index (χ1v) is 5.94. The lowest BCUT2D eigenvalue weighted by molar-refractivity contribution is 0.0806. The van der Waals surface area contributed by atoms with E-state index >= 15 is 0 Å². The van der Waals surface area contributed by atoms with Gasteiger partial charge in [-0.2, -0.15) is 0 Å². The van der Waals surface area contributed by atoms with Crippen molar-refractivity contribution in [2.24, 2.45) is 11.7 Å². The zero-order chi connectivity index (χ0) is 13.1. The van der Waals surface area contributed by atoms with Crippen LogP contribution in [0.3, 0.4) is 0 Å². The molecule has 4 N–H and O–H groups in total. The molecule has 1 aliphatic rings. The van der Waals surface area contributed by atoms with Crippen molar-refractivity contribution < 1.29 is 19.7 Å². The average molecular weight is 251 g/mol. The molecule has 1 aromatic rings. The Morgan fingerprint density at radius 2 is 2.28 bits per heavy atom. The second kappa shape index (κ2) is 5.37. The van der Waals surface area contributed by atoms with Gasteiger partial charge in [0.05, 0.1) is 12.7 Å². The molecule has 2 rings (SSSR count). The zero-order valence-corrected chi connectivity index (χ0v) is 10.0. The maximum Gasteiger partial charge on any atom is 0.404 e. The molecule has 1 aromatic carbocycles. The number of carbonyl (C=O) groups is 1. The van der Waals surface area contributed by atoms with Crippen molar-refractivity contribution in [1.82, 2.24) is 0 Å². The Labute approximate surface area is 105 Å². The highest BCUT2D eigenvalue weighted by Crippen LogP contribution is 2.36. The molecule has 0 unspecified atom stereocenters. The summed E-state index contributed by atoms with van der Waals surface area (Å²) >= 11 is 0. The fraction of sp³-hybridized carbons (Fsp3) is 0.462. The third-order valence-electron chi connectivity index (χ3n) is 3.33. The summed E-state index contributed by atoms with van der Waals surface area (Å²) in [6.07, 6.45) is -0.129. The van der Waals surface area contributed by atoms with Gasteiger partial charge in [0.25, 0.3) is 0 Å². The van der Waals surface area contributed by atoms with E-state index in [0.29, 0.717) is 12.8 Å². The molecule has 0 heterocycles. The van der Waals surface area contributed by atoms with Crippen LogP contribution in [0.2, 0.25) is 0 Å². The van der Waals surface area contributed by atoms with Crippen LogP contribution in [0, 0.1) is 5.92 Å². The zero-order valence-electron chi connectivity index (χ0n) is 10.0. The Balaban J connectivity index is 2.05. The van der Waals surface area contributed by atoms with Crippen LogP contribution in [-0.4, -0.2) is 29.5 Å². The predicted molar refractivity (Wildman–Crippen MR) is 64.9 cm³/mol. The van der Waals surface area contributed by atoms with Crippen molar-refractivity contribution in [1.29, 1.82) is 0 Å². The summed E-state index contributed by atoms with van der Waals surface area (Å²) in [4.78, 5) is 10.4. The first-order chi connectivity index (χ1) is 8.61. The summed E-state index contributed by atoms with van der Waals surface area (Å²) < 4.78 is 4.67. The van der Waals surface area contributed by atoms with Gasteiger partial charge >= 0.3 is 6.09 Å². The van der Waals surface area contributed by atoms with E-state index in [1.54, 1.807) is 0 Å². The first kappa shape index (κ1) is 12.9. The van der Waals surface area contributed by atoms with E-state index in [1.165, 1.54) is 0 Å². The lowest BCUT2D eigenvalue weighted by Gasteiger charge is -2.11. The van der Waals surface area contributed by atoms with Crippen LogP contribution in [0.15, 0.2) is 18.2 Å². The van der Waals surface area contributed by atoms with Crippen LogP contribution >= 0.6 is 0 Å². The molecular weight excluding hydrogens is 234 g/mol. The summed E-state index contributed by atoms with van der Waals surface area (Å²) in [6.45, 7) is 0.212. The molecule has 5 heteroatoms. The molecule has 0 bridgehead atoms. The molecule has 0 spiro atoms. The Bertz CT molecular complexity index is 447. The predicted octanol–water partition coefficient (Wildman–Crippen LogP) is 0.522. The Hall–Kier alpha value is -1.59. The molecule has 0 saturated carbocycles. The van der Waals surface area contributed by atoms with E-state index in [-0.39, 0.29) is 19.1 Å². The van der Waals surface area contributed by atoms with Crippen molar-refractivity contribution in [3.63, 3.8) is 0 Å². The molecule has 98 valence electrons. The molecule has 0 fully saturated rings. The maximum absolute atomic E-state index is 10.4. The summed E-state index contributed by atoms with van der Waals surface area (Å²) in [5.41, 5.74) is 7.79. The number of fused-ring (bicyclic) bond motifs is 1. The molecular formula is C13H17NO4. The van der Waals surface area contributed by atoms with Gasteiger partial charge in [0.15, 0.2) is 0 Å². The third kappa shape index (κ3) is 2.63. The number of aliphatic hydroxyl groups is 2. The van der Waals surface area contributed by atoms with Crippen LogP contribution in [-0.2, 0) is 17.6 Å². The van der Waals surface area contributed by atoms with Gasteiger partial charge in [-0.1, -0.05) is 18.2 Å². The van der Waals surface area contributed by atoms with Crippen LogP contribution in [0.1, 0.15) is 22.8 Å². The van der Waals surface area contributed by atoms with Crippen LogP contribution in [0.4, 0.5) is 4.79 Å². The smallest absolute Gasteiger partial charge is 0.404 e. The number of aliphatic hydroxyl groups excluding tert-OH is 2. The maximum atomic E-state index is 10.4. The van der Waals surface area contributed by atoms with Crippen LogP contribution in [0.5, 0.6) is 0 Å². The lowest BCUT2D eigenvalue weighted by Crippen LogP contribution is -2.14. The van der Waals surface area contributed by atoms with E-state index < -0.39 is 12.2 Å². The first-order valence-electron chi connectivity index (χ1n) is 5.94. The van der Waals surface area contributed by atoms with Crippen LogP contribution in [0.25, 0.3) is 0 Å². The minimum Gasteiger partial charge on any atom is -0.449 e. The molecule has 2 atom stereocenters. The number of carbonyl (C=O) groups excluding carboxylic acids is 1. The highest BCUT2D eigenvalue weighted by Gasteiger charge is 2.30. The van der Waals surface area contributed by atoms with Crippen molar-refractivity contribution in [2.75, 3.05) is 13.2 Å². The van der Waals surface area contributed by atoms with E-state index in [1.807, 2.05) is 18.2 Å². The topological polar surface area (TPSA) is 92.8 Å². The SMILES string of the molecule is NC(=O)OCCc1ccc2c(c1)[C@@H](O)[C@@H](CO)C2. The Kier molecular flexibility index (Phi) is 3.84. The van der Waals surface area contributed by atoms with E-state index in [4.69, 9.17) is 10.8 Å². The second-order valence-electron chi connectivity index (χ2n) is 4.54. The standard InChI is InChI=1S/C13H17NO4/c14-13(17)18-4-3-8-1-2-9-6-10(7-15)12(16)11(9)5-8/h1-2,5,10,12,15-16H,3-4,6-7H2,(H2,14,17)/t10-,12+/m1/s1. The average Bonchev–Trinajstić information content (AvgIpc) is 2.66. The third-order valence-corrected chi connectivity index (χ3v) is 3.33. The van der Waals surface area contributed by atoms with Gasteiger partial charge in [-0.05, 0) is 23.1 Å². The Morgan fingerprint density at radius 1 is 1.50 bits per heavy atom. The van der Waals surface area contributed by atoms with Gasteiger partial charge in [0.1, 0.15) is 0 Å². The number of hydrogen-bond donors (Lipinski definition) is 3. The summed E-state index contributed by atoms with van der Waals surface area (Å²) in [5, 5.41) is 19.2. The van der Waals surface area contributed by atoms with Crippen molar-refractivity contribution >= 4 is 6.09 Å². The minimum atomic E-state index is -0.781. The summed E-state index contributed by atoms with van der Waals surface area (Å²) in [5.74, 6) is -0.114. The molecule has 1 amide bonds. The molecule has 0 saturated heterocycles. The van der Waals surface area contributed by atoms with Crippen molar-refractivity contribution in [3.05, 3.63) is 34.9 Å². The van der Waals surface area contributed by atoms with Gasteiger partial charge in [-0.3, -0.25) is 0 Å². The number of benzene rings is 1. The van der Waals surface area contributed by atoms with Crippen LogP contribution < -0.4 is 5.73 Å². The Morgan fingerprint density at radius 3 is 2.94 bits per heavy atom. The highest BCUT2D eigenvalue weighted by atomic mass is 16.5. The number of ether oxygens (including phenoxy) is 1. The molecule has 1 aliphatic carbocycles.